The van der Waals surface area contributed by atoms with E-state index in [1.54, 1.807) is 13.8 Å². The zero-order chi connectivity index (χ0) is 14.6. The molecule has 7 heteroatoms. The van der Waals surface area contributed by atoms with E-state index in [9.17, 15) is 14.9 Å². The summed E-state index contributed by atoms with van der Waals surface area (Å²) in [5.74, 6) is -1.23. The monoisotopic (exact) mass is 268 g/mol. The van der Waals surface area contributed by atoms with Crippen molar-refractivity contribution in [3.8, 4) is 0 Å². The van der Waals surface area contributed by atoms with Gasteiger partial charge in [-0.05, 0) is 19.9 Å². The molecule has 0 heterocycles. The molecule has 1 aromatic carbocycles. The van der Waals surface area contributed by atoms with Gasteiger partial charge < -0.3 is 15.1 Å². The number of para-hydroxylation sites is 1. The highest BCUT2D eigenvalue weighted by Gasteiger charge is 2.27. The van der Waals surface area contributed by atoms with Crippen LogP contribution in [0.5, 0.6) is 0 Å². The van der Waals surface area contributed by atoms with Gasteiger partial charge in [0.05, 0.1) is 17.1 Å². The van der Waals surface area contributed by atoms with Crippen molar-refractivity contribution in [2.75, 3.05) is 18.1 Å². The van der Waals surface area contributed by atoms with Crippen LogP contribution in [0.2, 0.25) is 0 Å². The van der Waals surface area contributed by atoms with E-state index in [1.807, 2.05) is 0 Å². The lowest BCUT2D eigenvalue weighted by Gasteiger charge is -2.28. The third-order valence-corrected chi connectivity index (χ3v) is 2.69. The van der Waals surface area contributed by atoms with Gasteiger partial charge in [0.1, 0.15) is 5.69 Å². The molecule has 0 aromatic heterocycles. The average molecular weight is 268 g/mol. The fourth-order valence-electron chi connectivity index (χ4n) is 1.89. The standard InChI is InChI=1S/C12H16N2O5/c1-8(2)13(6-7-15)11-9(12(16)17)4-3-5-10(11)14(18)19/h3-5,8,15H,6-7H2,1-2H3,(H,16,17). The molecule has 0 aliphatic heterocycles. The van der Waals surface area contributed by atoms with E-state index >= 15 is 0 Å². The SMILES string of the molecule is CC(C)N(CCO)c1c(C(=O)O)cccc1[N+](=O)[O-]. The van der Waals surface area contributed by atoms with Gasteiger partial charge in [0.15, 0.2) is 0 Å². The number of aliphatic hydroxyl groups is 1. The first kappa shape index (κ1) is 14.9. The van der Waals surface area contributed by atoms with E-state index in [1.165, 1.54) is 23.1 Å². The molecule has 0 amide bonds. The van der Waals surface area contributed by atoms with Gasteiger partial charge >= 0.3 is 5.97 Å². The van der Waals surface area contributed by atoms with E-state index in [0.29, 0.717) is 0 Å². The van der Waals surface area contributed by atoms with Gasteiger partial charge in [-0.25, -0.2) is 4.79 Å². The third kappa shape index (κ3) is 3.19. The number of hydrogen-bond donors (Lipinski definition) is 2. The van der Waals surface area contributed by atoms with Crippen LogP contribution in [0.25, 0.3) is 0 Å². The van der Waals surface area contributed by atoms with Crippen LogP contribution < -0.4 is 4.90 Å². The van der Waals surface area contributed by atoms with Crippen molar-refractivity contribution in [2.24, 2.45) is 0 Å². The molecular formula is C12H16N2O5. The summed E-state index contributed by atoms with van der Waals surface area (Å²) in [6.07, 6.45) is 0. The van der Waals surface area contributed by atoms with Gasteiger partial charge in [-0.1, -0.05) is 6.07 Å². The highest BCUT2D eigenvalue weighted by molar-refractivity contribution is 5.97. The largest absolute Gasteiger partial charge is 0.478 e. The first-order valence-corrected chi connectivity index (χ1v) is 5.78. The van der Waals surface area contributed by atoms with Crippen LogP contribution in [-0.4, -0.2) is 40.3 Å². The molecule has 0 saturated heterocycles. The Kier molecular flexibility index (Phi) is 4.82. The molecular weight excluding hydrogens is 252 g/mol. The molecule has 0 spiro atoms. The van der Waals surface area contributed by atoms with Gasteiger partial charge in [0.2, 0.25) is 0 Å². The molecule has 0 fully saturated rings. The van der Waals surface area contributed by atoms with Crippen LogP contribution in [0.4, 0.5) is 11.4 Å². The maximum Gasteiger partial charge on any atom is 0.338 e. The quantitative estimate of drug-likeness (QED) is 0.598. The van der Waals surface area contributed by atoms with E-state index in [0.717, 1.165) is 0 Å². The first-order valence-electron chi connectivity index (χ1n) is 5.78. The van der Waals surface area contributed by atoms with Crippen LogP contribution in [0.15, 0.2) is 18.2 Å². The minimum atomic E-state index is -1.23. The van der Waals surface area contributed by atoms with Crippen LogP contribution in [0.3, 0.4) is 0 Å². The maximum absolute atomic E-state index is 11.2. The average Bonchev–Trinajstić information content (AvgIpc) is 2.34. The number of nitro benzene ring substituents is 1. The van der Waals surface area contributed by atoms with Crippen molar-refractivity contribution in [1.29, 1.82) is 0 Å². The Morgan fingerprint density at radius 2 is 2.11 bits per heavy atom. The van der Waals surface area contributed by atoms with E-state index < -0.39 is 10.9 Å². The number of nitro groups is 1. The topological polar surface area (TPSA) is 104 Å². The number of aliphatic hydroxyl groups excluding tert-OH is 1. The number of carbonyl (C=O) groups is 1. The fraction of sp³-hybridized carbons (Fsp3) is 0.417. The molecule has 1 rings (SSSR count). The lowest BCUT2D eigenvalue weighted by molar-refractivity contribution is -0.384. The van der Waals surface area contributed by atoms with Crippen LogP contribution >= 0.6 is 0 Å². The van der Waals surface area contributed by atoms with Gasteiger partial charge in [0, 0.05) is 18.7 Å². The fourth-order valence-corrected chi connectivity index (χ4v) is 1.89. The number of hydrogen-bond acceptors (Lipinski definition) is 5. The maximum atomic E-state index is 11.2. The number of benzene rings is 1. The predicted octanol–water partition coefficient (Wildman–Crippen LogP) is 1.50. The van der Waals surface area contributed by atoms with Crippen molar-refractivity contribution in [3.63, 3.8) is 0 Å². The molecule has 0 aliphatic rings. The van der Waals surface area contributed by atoms with Crippen molar-refractivity contribution in [3.05, 3.63) is 33.9 Å². The van der Waals surface area contributed by atoms with Gasteiger partial charge in [0.25, 0.3) is 5.69 Å². The summed E-state index contributed by atoms with van der Waals surface area (Å²) < 4.78 is 0. The second-order valence-corrected chi connectivity index (χ2v) is 4.25. The smallest absolute Gasteiger partial charge is 0.338 e. The Balaban J connectivity index is 3.50. The Bertz CT molecular complexity index is 455. The summed E-state index contributed by atoms with van der Waals surface area (Å²) in [4.78, 5) is 23.2. The van der Waals surface area contributed by atoms with Gasteiger partial charge in [-0.2, -0.15) is 0 Å². The molecule has 0 saturated carbocycles. The summed E-state index contributed by atoms with van der Waals surface area (Å²) in [7, 11) is 0. The second-order valence-electron chi connectivity index (χ2n) is 4.25. The minimum absolute atomic E-state index is 0.0315. The van der Waals surface area contributed by atoms with E-state index in [2.05, 4.69) is 0 Å². The Morgan fingerprint density at radius 3 is 2.53 bits per heavy atom. The summed E-state index contributed by atoms with van der Waals surface area (Å²) in [5, 5.41) is 29.3. The van der Waals surface area contributed by atoms with Crippen molar-refractivity contribution >= 4 is 17.3 Å². The Morgan fingerprint density at radius 1 is 1.47 bits per heavy atom. The van der Waals surface area contributed by atoms with Crippen molar-refractivity contribution < 1.29 is 19.9 Å². The minimum Gasteiger partial charge on any atom is -0.478 e. The molecule has 2 N–H and O–H groups in total. The number of anilines is 1. The zero-order valence-electron chi connectivity index (χ0n) is 10.7. The predicted molar refractivity (Wildman–Crippen MR) is 69.6 cm³/mol. The molecule has 0 atom stereocenters. The van der Waals surface area contributed by atoms with Crippen molar-refractivity contribution in [1.82, 2.24) is 0 Å². The number of nitrogens with zero attached hydrogens (tertiary/aromatic N) is 2. The Hall–Kier alpha value is -2.15. The van der Waals surface area contributed by atoms with E-state index in [4.69, 9.17) is 10.2 Å². The zero-order valence-corrected chi connectivity index (χ0v) is 10.7. The highest BCUT2D eigenvalue weighted by atomic mass is 16.6. The molecule has 0 bridgehead atoms. The number of aromatic carboxylic acids is 1. The lowest BCUT2D eigenvalue weighted by Crippen LogP contribution is -2.35. The molecule has 1 aromatic rings. The Labute approximate surface area is 110 Å². The van der Waals surface area contributed by atoms with Crippen LogP contribution in [0.1, 0.15) is 24.2 Å². The third-order valence-electron chi connectivity index (χ3n) is 2.69. The summed E-state index contributed by atoms with van der Waals surface area (Å²) in [5.41, 5.74) is -0.387. The second kappa shape index (κ2) is 6.14. The molecule has 7 nitrogen and oxygen atoms in total. The number of carboxylic acids is 1. The number of rotatable bonds is 6. The van der Waals surface area contributed by atoms with Crippen LogP contribution in [-0.2, 0) is 0 Å². The lowest BCUT2D eigenvalue weighted by atomic mass is 10.1. The van der Waals surface area contributed by atoms with Gasteiger partial charge in [-0.15, -0.1) is 0 Å². The van der Waals surface area contributed by atoms with E-state index in [-0.39, 0.29) is 36.1 Å². The summed E-state index contributed by atoms with van der Waals surface area (Å²) in [6.45, 7) is 3.46. The molecule has 0 aliphatic carbocycles. The molecule has 19 heavy (non-hydrogen) atoms. The number of carboxylic acid groups (broad SMARTS) is 1. The normalized spacial score (nSPS) is 10.5. The molecule has 0 unspecified atom stereocenters. The molecule has 104 valence electrons. The van der Waals surface area contributed by atoms with Crippen molar-refractivity contribution in [2.45, 2.75) is 19.9 Å². The van der Waals surface area contributed by atoms with Crippen LogP contribution in [0, 0.1) is 10.1 Å². The summed E-state index contributed by atoms with van der Waals surface area (Å²) in [6, 6.07) is 3.74. The molecule has 0 radical (unpaired) electrons. The summed E-state index contributed by atoms with van der Waals surface area (Å²) >= 11 is 0. The first-order chi connectivity index (χ1) is 8.90. The highest BCUT2D eigenvalue weighted by Crippen LogP contribution is 2.33. The van der Waals surface area contributed by atoms with Gasteiger partial charge in [-0.3, -0.25) is 10.1 Å².